The van der Waals surface area contributed by atoms with Crippen molar-refractivity contribution in [2.45, 2.75) is 45.8 Å². The molecule has 3 rings (SSSR count). The molecule has 2 aromatic heterocycles. The number of hydrogen-bond acceptors (Lipinski definition) is 4. The van der Waals surface area contributed by atoms with E-state index in [2.05, 4.69) is 4.98 Å². The van der Waals surface area contributed by atoms with Gasteiger partial charge in [-0.25, -0.2) is 9.78 Å². The smallest absolute Gasteiger partial charge is 0.332 e. The van der Waals surface area contributed by atoms with Gasteiger partial charge in [0.2, 0.25) is 5.91 Å². The number of fused-ring (bicyclic) bond motifs is 1. The maximum absolute atomic E-state index is 12.8. The van der Waals surface area contributed by atoms with Crippen molar-refractivity contribution in [3.05, 3.63) is 63.1 Å². The summed E-state index contributed by atoms with van der Waals surface area (Å²) in [4.78, 5) is 43.4. The molecular formula is C21H27N5O3. The van der Waals surface area contributed by atoms with Crippen LogP contribution in [0.25, 0.3) is 11.2 Å². The summed E-state index contributed by atoms with van der Waals surface area (Å²) in [6.45, 7) is 5.07. The average Bonchev–Trinajstić information content (AvgIpc) is 3.13. The van der Waals surface area contributed by atoms with E-state index in [0.29, 0.717) is 37.1 Å². The summed E-state index contributed by atoms with van der Waals surface area (Å²) in [6.07, 6.45) is 2.51. The number of aromatic nitrogens is 4. The molecule has 3 aromatic rings. The lowest BCUT2D eigenvalue weighted by Crippen LogP contribution is -2.37. The zero-order valence-electron chi connectivity index (χ0n) is 17.3. The molecule has 0 radical (unpaired) electrons. The van der Waals surface area contributed by atoms with Crippen molar-refractivity contribution in [3.63, 3.8) is 0 Å². The Bertz CT molecular complexity index is 1120. The zero-order valence-corrected chi connectivity index (χ0v) is 17.3. The lowest BCUT2D eigenvalue weighted by molar-refractivity contribution is -0.133. The van der Waals surface area contributed by atoms with Gasteiger partial charge in [0.1, 0.15) is 0 Å². The van der Waals surface area contributed by atoms with E-state index in [1.165, 1.54) is 11.6 Å². The zero-order chi connectivity index (χ0) is 21.1. The fraction of sp³-hybridized carbons (Fsp3) is 0.429. The summed E-state index contributed by atoms with van der Waals surface area (Å²) in [7, 11) is 3.05. The summed E-state index contributed by atoms with van der Waals surface area (Å²) in [5.74, 6) is 0.0774. The summed E-state index contributed by atoms with van der Waals surface area (Å²) in [6, 6.07) is 10.0. The molecule has 0 bridgehead atoms. The highest BCUT2D eigenvalue weighted by molar-refractivity contribution is 5.76. The fourth-order valence-electron chi connectivity index (χ4n) is 3.45. The Balaban J connectivity index is 1.71. The molecule has 0 aliphatic heterocycles. The quantitative estimate of drug-likeness (QED) is 0.607. The van der Waals surface area contributed by atoms with Crippen LogP contribution in [0.4, 0.5) is 0 Å². The van der Waals surface area contributed by atoms with Gasteiger partial charge >= 0.3 is 5.69 Å². The van der Waals surface area contributed by atoms with Gasteiger partial charge in [-0.3, -0.25) is 18.7 Å². The number of amides is 1. The van der Waals surface area contributed by atoms with Gasteiger partial charge in [0.15, 0.2) is 11.2 Å². The molecule has 0 aliphatic rings. The molecule has 0 fully saturated rings. The van der Waals surface area contributed by atoms with Gasteiger partial charge in [0.25, 0.3) is 5.56 Å². The van der Waals surface area contributed by atoms with E-state index in [1.54, 1.807) is 17.9 Å². The molecule has 0 saturated heterocycles. The molecule has 29 heavy (non-hydrogen) atoms. The summed E-state index contributed by atoms with van der Waals surface area (Å²) < 4.78 is 4.16. The Kier molecular flexibility index (Phi) is 6.00. The van der Waals surface area contributed by atoms with Crippen molar-refractivity contribution in [2.75, 3.05) is 0 Å². The first kappa shape index (κ1) is 20.6. The maximum atomic E-state index is 12.8. The fourth-order valence-corrected chi connectivity index (χ4v) is 3.45. The normalized spacial score (nSPS) is 11.3. The molecule has 0 aliphatic carbocycles. The van der Waals surface area contributed by atoms with Crippen molar-refractivity contribution in [1.29, 1.82) is 0 Å². The third-order valence-electron chi connectivity index (χ3n) is 5.15. The molecule has 2 heterocycles. The van der Waals surface area contributed by atoms with E-state index in [1.807, 2.05) is 49.1 Å². The van der Waals surface area contributed by atoms with Gasteiger partial charge in [-0.1, -0.05) is 30.3 Å². The Morgan fingerprint density at radius 1 is 1.10 bits per heavy atom. The highest BCUT2D eigenvalue weighted by atomic mass is 16.2. The third-order valence-corrected chi connectivity index (χ3v) is 5.15. The van der Waals surface area contributed by atoms with Crippen molar-refractivity contribution in [2.24, 2.45) is 14.1 Å². The molecule has 0 atom stereocenters. The van der Waals surface area contributed by atoms with Gasteiger partial charge in [-0.05, 0) is 25.8 Å². The summed E-state index contributed by atoms with van der Waals surface area (Å²) >= 11 is 0. The van der Waals surface area contributed by atoms with Gasteiger partial charge in [-0.15, -0.1) is 0 Å². The first-order valence-corrected chi connectivity index (χ1v) is 9.75. The topological polar surface area (TPSA) is 82.1 Å². The second kappa shape index (κ2) is 8.46. The number of carbonyl (C=O) groups excluding carboxylic acids is 1. The van der Waals surface area contributed by atoms with Crippen LogP contribution in [0.15, 0.2) is 46.2 Å². The number of rotatable bonds is 7. The Labute approximate surface area is 169 Å². The molecule has 1 amide bonds. The Hall–Kier alpha value is -3.16. The first-order chi connectivity index (χ1) is 13.8. The van der Waals surface area contributed by atoms with Gasteiger partial charge in [0, 0.05) is 39.6 Å². The molecule has 0 N–H and O–H groups in total. The van der Waals surface area contributed by atoms with E-state index in [9.17, 15) is 14.4 Å². The molecule has 154 valence electrons. The van der Waals surface area contributed by atoms with E-state index < -0.39 is 5.69 Å². The van der Waals surface area contributed by atoms with Crippen LogP contribution in [-0.4, -0.2) is 35.5 Å². The van der Waals surface area contributed by atoms with Crippen molar-refractivity contribution < 1.29 is 4.79 Å². The number of benzene rings is 1. The SMILES string of the molecule is CC(C)N(Cc1ccccc1)C(=O)CCCn1cnc2c1c(=O)n(C)c(=O)n2C. The first-order valence-electron chi connectivity index (χ1n) is 9.75. The van der Waals surface area contributed by atoms with E-state index in [0.717, 1.165) is 10.1 Å². The molecular weight excluding hydrogens is 370 g/mol. The number of hydrogen-bond donors (Lipinski definition) is 0. The highest BCUT2D eigenvalue weighted by Crippen LogP contribution is 2.12. The molecule has 0 spiro atoms. The third kappa shape index (κ3) is 4.16. The summed E-state index contributed by atoms with van der Waals surface area (Å²) in [5.41, 5.74) is 1.06. The van der Waals surface area contributed by atoms with Crippen molar-refractivity contribution >= 4 is 17.1 Å². The van der Waals surface area contributed by atoms with E-state index >= 15 is 0 Å². The number of aryl methyl sites for hydroxylation is 2. The summed E-state index contributed by atoms with van der Waals surface area (Å²) in [5, 5.41) is 0. The van der Waals surface area contributed by atoms with Crippen LogP contribution in [0.2, 0.25) is 0 Å². The monoisotopic (exact) mass is 397 g/mol. The molecule has 8 nitrogen and oxygen atoms in total. The Morgan fingerprint density at radius 2 is 1.79 bits per heavy atom. The van der Waals surface area contributed by atoms with Crippen LogP contribution >= 0.6 is 0 Å². The van der Waals surface area contributed by atoms with Gasteiger partial charge < -0.3 is 9.47 Å². The number of imidazole rings is 1. The maximum Gasteiger partial charge on any atom is 0.332 e. The predicted octanol–water partition coefficient (Wildman–Crippen LogP) is 1.65. The largest absolute Gasteiger partial charge is 0.336 e. The minimum Gasteiger partial charge on any atom is -0.336 e. The van der Waals surface area contributed by atoms with Crippen LogP contribution in [0.5, 0.6) is 0 Å². The molecule has 1 aromatic carbocycles. The molecule has 8 heteroatoms. The van der Waals surface area contributed by atoms with Crippen LogP contribution in [-0.2, 0) is 32.0 Å². The standard InChI is InChI=1S/C21H27N5O3/c1-15(2)26(13-16-9-6-5-7-10-16)17(27)11-8-12-25-14-22-19-18(25)20(28)24(4)21(29)23(19)3/h5-7,9-10,14-15H,8,11-13H2,1-4H3. The van der Waals surface area contributed by atoms with Crippen molar-refractivity contribution in [1.82, 2.24) is 23.6 Å². The number of carbonyl (C=O) groups is 1. The Morgan fingerprint density at radius 3 is 2.45 bits per heavy atom. The lowest BCUT2D eigenvalue weighted by atomic mass is 10.1. The van der Waals surface area contributed by atoms with Crippen LogP contribution in [0, 0.1) is 0 Å². The molecule has 0 unspecified atom stereocenters. The van der Waals surface area contributed by atoms with Gasteiger partial charge in [-0.2, -0.15) is 0 Å². The van der Waals surface area contributed by atoms with Crippen molar-refractivity contribution in [3.8, 4) is 0 Å². The second-order valence-corrected chi connectivity index (χ2v) is 7.52. The highest BCUT2D eigenvalue weighted by Gasteiger charge is 2.18. The second-order valence-electron chi connectivity index (χ2n) is 7.52. The van der Waals surface area contributed by atoms with E-state index in [4.69, 9.17) is 0 Å². The lowest BCUT2D eigenvalue weighted by Gasteiger charge is -2.27. The van der Waals surface area contributed by atoms with Crippen LogP contribution < -0.4 is 11.2 Å². The number of nitrogens with zero attached hydrogens (tertiary/aromatic N) is 5. The predicted molar refractivity (Wildman–Crippen MR) is 112 cm³/mol. The van der Waals surface area contributed by atoms with Gasteiger partial charge in [0.05, 0.1) is 6.33 Å². The van der Waals surface area contributed by atoms with E-state index in [-0.39, 0.29) is 17.5 Å². The minimum atomic E-state index is -0.406. The van der Waals surface area contributed by atoms with Crippen LogP contribution in [0.3, 0.4) is 0 Å². The minimum absolute atomic E-state index is 0.0774. The van der Waals surface area contributed by atoms with Crippen LogP contribution in [0.1, 0.15) is 32.3 Å². The average molecular weight is 397 g/mol. The molecule has 0 saturated carbocycles.